The molecule has 1 heterocycles. The fraction of sp³-hybridized carbons (Fsp3) is 0.815. The molecule has 0 aromatic heterocycles. The van der Waals surface area contributed by atoms with Crippen molar-refractivity contribution in [3.63, 3.8) is 0 Å². The quantitative estimate of drug-likeness (QED) is 0.296. The number of ketones is 1. The number of primary amides is 1. The van der Waals surface area contributed by atoms with Crippen LogP contribution in [0.1, 0.15) is 79.6 Å². The normalized spacial score (nSPS) is 24.1. The van der Waals surface area contributed by atoms with E-state index in [-0.39, 0.29) is 50.0 Å². The van der Waals surface area contributed by atoms with Crippen LogP contribution in [0.5, 0.6) is 0 Å². The highest BCUT2D eigenvalue weighted by atomic mass is 19.4. The number of nitrogens with zero attached hydrogens (tertiary/aromatic N) is 1. The summed E-state index contributed by atoms with van der Waals surface area (Å²) >= 11 is 0. The lowest BCUT2D eigenvalue weighted by Gasteiger charge is -2.36. The second-order valence-corrected chi connectivity index (χ2v) is 13.0. The van der Waals surface area contributed by atoms with E-state index in [1.165, 1.54) is 4.90 Å². The maximum Gasteiger partial charge on any atom is 0.411 e. The predicted octanol–water partition coefficient (Wildman–Crippen LogP) is 2.40. The Morgan fingerprint density at radius 2 is 1.62 bits per heavy atom. The summed E-state index contributed by atoms with van der Waals surface area (Å²) in [5, 5.41) is 7.07. The summed E-state index contributed by atoms with van der Waals surface area (Å²) in [5.41, 5.74) is 2.02. The zero-order valence-electron chi connectivity index (χ0n) is 23.8. The molecule has 5 amide bonds. The van der Waals surface area contributed by atoms with E-state index in [2.05, 4.69) is 10.6 Å². The predicted molar refractivity (Wildman–Crippen MR) is 139 cm³/mol. The van der Waals surface area contributed by atoms with Gasteiger partial charge in [-0.1, -0.05) is 53.9 Å². The van der Waals surface area contributed by atoms with E-state index in [1.807, 2.05) is 19.2 Å². The largest absolute Gasteiger partial charge is 0.411 e. The molecule has 4 atom stereocenters. The van der Waals surface area contributed by atoms with Crippen LogP contribution in [-0.2, 0) is 19.2 Å². The Labute approximate surface area is 232 Å². The number of carbonyl (C=O) groups is 5. The smallest absolute Gasteiger partial charge is 0.363 e. The van der Waals surface area contributed by atoms with Crippen LogP contribution in [0.3, 0.4) is 0 Å². The van der Waals surface area contributed by atoms with E-state index in [4.69, 9.17) is 5.73 Å². The van der Waals surface area contributed by atoms with Crippen molar-refractivity contribution in [1.82, 2.24) is 20.9 Å². The van der Waals surface area contributed by atoms with Crippen molar-refractivity contribution in [2.45, 2.75) is 109 Å². The Balaban J connectivity index is 1.81. The molecule has 0 aromatic rings. The number of likely N-dealkylation sites (tertiary alicyclic amines) is 1. The Hall–Kier alpha value is -2.86. The lowest BCUT2D eigenvalue weighted by molar-refractivity contribution is -0.162. The maximum atomic E-state index is 13.9. The summed E-state index contributed by atoms with van der Waals surface area (Å²) in [6.45, 7) is 9.08. The van der Waals surface area contributed by atoms with Gasteiger partial charge in [0, 0.05) is 6.54 Å². The van der Waals surface area contributed by atoms with Crippen molar-refractivity contribution in [2.24, 2.45) is 28.9 Å². The molecule has 2 saturated carbocycles. The Morgan fingerprint density at radius 1 is 1.02 bits per heavy atom. The number of hydrogen-bond acceptors (Lipinski definition) is 5. The zero-order chi connectivity index (χ0) is 30.2. The minimum absolute atomic E-state index is 0.0777. The molecular weight excluding hydrogens is 531 g/mol. The average molecular weight is 574 g/mol. The third-order valence-electron chi connectivity index (χ3n) is 8.57. The SMILES string of the molecule is CC(C)C1C[C@@H](C(=O)NC(CC2CCC2)C(=O)C(N)=O)N(C(=O)[C@@H](NC(=O)NC2(C(F)(F)F)CC2)C(C)(C)C)C1. The zero-order valence-corrected chi connectivity index (χ0v) is 23.8. The number of amides is 5. The molecule has 0 spiro atoms. The highest BCUT2D eigenvalue weighted by molar-refractivity contribution is 6.37. The lowest BCUT2D eigenvalue weighted by atomic mass is 9.80. The molecule has 40 heavy (non-hydrogen) atoms. The highest BCUT2D eigenvalue weighted by Gasteiger charge is 2.64. The highest BCUT2D eigenvalue weighted by Crippen LogP contribution is 2.48. The molecule has 2 aliphatic carbocycles. The number of Topliss-reactive ketones (excluding diaryl/α,β-unsaturated/α-hetero) is 1. The van der Waals surface area contributed by atoms with E-state index in [0.29, 0.717) is 0 Å². The molecule has 3 rings (SSSR count). The molecular formula is C27H42F3N5O5. The van der Waals surface area contributed by atoms with Gasteiger partial charge < -0.3 is 26.6 Å². The van der Waals surface area contributed by atoms with Crippen molar-refractivity contribution in [3.8, 4) is 0 Å². The molecule has 0 aromatic carbocycles. The van der Waals surface area contributed by atoms with Gasteiger partial charge >= 0.3 is 12.2 Å². The summed E-state index contributed by atoms with van der Waals surface area (Å²) in [4.78, 5) is 65.6. The molecule has 0 radical (unpaired) electrons. The Bertz CT molecular complexity index is 1020. The minimum atomic E-state index is -4.62. The first-order chi connectivity index (χ1) is 18.4. The third-order valence-corrected chi connectivity index (χ3v) is 8.57. The standard InChI is InChI=1S/C27H42F3N5O5/c1-14(2)16-12-18(22(38)32-17(19(36)21(31)37)11-15-7-6-8-15)35(13-16)23(39)20(25(3,4)5)33-24(40)34-26(9-10-26)27(28,29)30/h14-18,20H,6-13H2,1-5H3,(H2,31,37)(H,32,38)(H2,33,34,40)/t16?,17?,18-,20+/m0/s1. The molecule has 3 aliphatic rings. The van der Waals surface area contributed by atoms with Gasteiger partial charge in [-0.3, -0.25) is 19.2 Å². The molecule has 226 valence electrons. The van der Waals surface area contributed by atoms with Crippen LogP contribution in [-0.4, -0.2) is 70.8 Å². The second-order valence-electron chi connectivity index (χ2n) is 13.0. The van der Waals surface area contributed by atoms with E-state index in [1.54, 1.807) is 20.8 Å². The third kappa shape index (κ3) is 7.06. The van der Waals surface area contributed by atoms with Crippen LogP contribution in [0.4, 0.5) is 18.0 Å². The summed E-state index contributed by atoms with van der Waals surface area (Å²) in [6.07, 6.45) is -1.80. The Morgan fingerprint density at radius 3 is 2.05 bits per heavy atom. The first kappa shape index (κ1) is 31.7. The van der Waals surface area contributed by atoms with Crippen LogP contribution in [0.25, 0.3) is 0 Å². The number of alkyl halides is 3. The van der Waals surface area contributed by atoms with Crippen molar-refractivity contribution < 1.29 is 37.1 Å². The van der Waals surface area contributed by atoms with Gasteiger partial charge in [-0.25, -0.2) is 4.79 Å². The van der Waals surface area contributed by atoms with Crippen LogP contribution < -0.4 is 21.7 Å². The second kappa shape index (κ2) is 11.6. The van der Waals surface area contributed by atoms with Gasteiger partial charge in [-0.05, 0) is 48.9 Å². The van der Waals surface area contributed by atoms with E-state index >= 15 is 0 Å². The number of urea groups is 1. The van der Waals surface area contributed by atoms with Crippen molar-refractivity contribution in [1.29, 1.82) is 0 Å². The molecule has 5 N–H and O–H groups in total. The topological polar surface area (TPSA) is 151 Å². The fourth-order valence-corrected chi connectivity index (χ4v) is 5.38. The molecule has 1 aliphatic heterocycles. The van der Waals surface area contributed by atoms with Crippen LogP contribution in [0, 0.1) is 23.2 Å². The first-order valence-corrected chi connectivity index (χ1v) is 14.0. The number of halogens is 3. The Kier molecular flexibility index (Phi) is 9.15. The molecule has 10 nitrogen and oxygen atoms in total. The lowest BCUT2D eigenvalue weighted by Crippen LogP contribution is -2.61. The average Bonchev–Trinajstić information content (AvgIpc) is 3.44. The van der Waals surface area contributed by atoms with Crippen molar-refractivity contribution in [2.75, 3.05) is 6.54 Å². The molecule has 0 bridgehead atoms. The van der Waals surface area contributed by atoms with Gasteiger partial charge in [0.25, 0.3) is 5.91 Å². The summed E-state index contributed by atoms with van der Waals surface area (Å²) in [7, 11) is 0. The number of nitrogens with one attached hydrogen (secondary N) is 3. The first-order valence-electron chi connectivity index (χ1n) is 14.0. The van der Waals surface area contributed by atoms with E-state index < -0.39 is 64.8 Å². The van der Waals surface area contributed by atoms with E-state index in [0.717, 1.165) is 19.3 Å². The van der Waals surface area contributed by atoms with Crippen molar-refractivity contribution in [3.05, 3.63) is 0 Å². The summed E-state index contributed by atoms with van der Waals surface area (Å²) in [5.74, 6) is -3.08. The number of nitrogens with two attached hydrogens (primary N) is 1. The summed E-state index contributed by atoms with van der Waals surface area (Å²) in [6, 6.07) is -4.46. The van der Waals surface area contributed by atoms with Gasteiger partial charge in [0.15, 0.2) is 0 Å². The number of rotatable bonds is 10. The molecule has 2 unspecified atom stereocenters. The fourth-order valence-electron chi connectivity index (χ4n) is 5.38. The molecule has 3 fully saturated rings. The van der Waals surface area contributed by atoms with Crippen LogP contribution in [0.2, 0.25) is 0 Å². The number of hydrogen-bond donors (Lipinski definition) is 4. The van der Waals surface area contributed by atoms with Crippen LogP contribution >= 0.6 is 0 Å². The van der Waals surface area contributed by atoms with Gasteiger partial charge in [0.2, 0.25) is 17.6 Å². The van der Waals surface area contributed by atoms with E-state index in [9.17, 15) is 37.1 Å². The monoisotopic (exact) mass is 573 g/mol. The minimum Gasteiger partial charge on any atom is -0.363 e. The van der Waals surface area contributed by atoms with Gasteiger partial charge in [0.05, 0.1) is 6.04 Å². The molecule has 13 heteroatoms. The van der Waals surface area contributed by atoms with Gasteiger partial charge in [-0.2, -0.15) is 13.2 Å². The summed E-state index contributed by atoms with van der Waals surface area (Å²) < 4.78 is 40.2. The molecule has 1 saturated heterocycles. The number of carbonyl (C=O) groups excluding carboxylic acids is 5. The van der Waals surface area contributed by atoms with Gasteiger partial charge in [-0.15, -0.1) is 0 Å². The van der Waals surface area contributed by atoms with Crippen LogP contribution in [0.15, 0.2) is 0 Å². The van der Waals surface area contributed by atoms with Gasteiger partial charge in [0.1, 0.15) is 17.6 Å². The maximum absolute atomic E-state index is 13.9. The van der Waals surface area contributed by atoms with Crippen molar-refractivity contribution >= 4 is 29.5 Å².